The summed E-state index contributed by atoms with van der Waals surface area (Å²) in [6.45, 7) is 2.11. The Labute approximate surface area is 155 Å². The molecule has 3 rings (SSSR count). The van der Waals surface area contributed by atoms with Gasteiger partial charge in [0.25, 0.3) is 0 Å². The third kappa shape index (κ3) is 2.56. The molecule has 0 amide bonds. The van der Waals surface area contributed by atoms with E-state index in [0.717, 1.165) is 37.1 Å². The maximum atomic E-state index is 4.48. The van der Waals surface area contributed by atoms with Gasteiger partial charge in [-0.05, 0) is 0 Å². The van der Waals surface area contributed by atoms with E-state index < -0.39 is 0 Å². The minimum absolute atomic E-state index is 0. The van der Waals surface area contributed by atoms with Crippen molar-refractivity contribution in [2.24, 2.45) is 0 Å². The van der Waals surface area contributed by atoms with E-state index in [9.17, 15) is 0 Å². The molecule has 1 aromatic carbocycles. The van der Waals surface area contributed by atoms with Gasteiger partial charge in [0.15, 0.2) is 0 Å². The standard InChI is InChI=1S/C14H10N2.Pb.Pr/c1-11-5-2-3-7-13(11)16-10-8-12-6-4-9-15-14(12)16;;/h2-6,8-9H,1H3;;/q-1;;. The Morgan fingerprint density at radius 3 is 2.89 bits per heavy atom. The summed E-state index contributed by atoms with van der Waals surface area (Å²) in [5.74, 6) is 0. The zero-order valence-corrected chi connectivity index (χ0v) is 17.6. The molecule has 0 saturated carbocycles. The van der Waals surface area contributed by atoms with Crippen LogP contribution in [0, 0.1) is 54.3 Å². The summed E-state index contributed by atoms with van der Waals surface area (Å²) in [5, 5.41) is 1.20. The van der Waals surface area contributed by atoms with Crippen LogP contribution in [0.25, 0.3) is 16.7 Å². The summed E-state index contributed by atoms with van der Waals surface area (Å²) in [5.41, 5.74) is 3.38. The molecule has 0 spiro atoms. The van der Waals surface area contributed by atoms with Gasteiger partial charge in [-0.2, -0.15) is 0 Å². The van der Waals surface area contributed by atoms with Crippen molar-refractivity contribution >= 4 is 40.1 Å². The number of hydrogen-bond donors (Lipinski definition) is 0. The number of hydrogen-bond acceptors (Lipinski definition) is 1. The van der Waals surface area contributed by atoms with Crippen LogP contribution in [0.4, 0.5) is 0 Å². The van der Waals surface area contributed by atoms with Crippen LogP contribution < -0.4 is 3.25 Å². The van der Waals surface area contributed by atoms with Crippen LogP contribution in [-0.4, -0.2) is 35.3 Å². The number of para-hydroxylation sites is 1. The normalized spacial score (nSPS) is 10.3. The molecule has 4 radical (unpaired) electrons. The molecule has 0 saturated heterocycles. The van der Waals surface area contributed by atoms with Gasteiger partial charge in [-0.15, -0.1) is 0 Å². The number of pyridine rings is 1. The zero-order chi connectivity index (χ0) is 11.8. The van der Waals surface area contributed by atoms with Crippen molar-refractivity contribution in [2.75, 3.05) is 0 Å². The first-order valence-electron chi connectivity index (χ1n) is 5.43. The maximum absolute atomic E-state index is 4.48. The topological polar surface area (TPSA) is 17.8 Å². The molecule has 0 aliphatic heterocycles. The molecular weight excluding hydrogens is 544 g/mol. The van der Waals surface area contributed by atoms with Crippen molar-refractivity contribution in [1.82, 2.24) is 9.55 Å². The first kappa shape index (κ1) is 14.6. The van der Waals surface area contributed by atoms with Crippen LogP contribution >= 0.6 is 0 Å². The predicted molar refractivity (Wildman–Crippen MR) is 70.0 cm³/mol. The minimum atomic E-state index is 0. The third-order valence-corrected chi connectivity index (χ3v) is 4.25. The smallest absolute Gasteiger partial charge is 0 e. The third-order valence-electron chi connectivity index (χ3n) is 2.82. The number of benzene rings is 1. The largest absolute Gasteiger partial charge is 0 e. The summed E-state index contributed by atoms with van der Waals surface area (Å²) >= 11 is 1.000. The number of rotatable bonds is 1. The fourth-order valence-electron chi connectivity index (χ4n) is 2.01. The van der Waals surface area contributed by atoms with Crippen LogP contribution in [0.2, 0.25) is 0 Å². The van der Waals surface area contributed by atoms with Gasteiger partial charge in [0.2, 0.25) is 0 Å². The molecule has 2 aromatic heterocycles. The Kier molecular flexibility index (Phi) is 4.95. The van der Waals surface area contributed by atoms with Gasteiger partial charge in [-0.1, -0.05) is 0 Å². The number of fused-ring (bicyclic) bond motifs is 1. The van der Waals surface area contributed by atoms with E-state index in [0.29, 0.717) is 0 Å². The van der Waals surface area contributed by atoms with Gasteiger partial charge in [0, 0.05) is 41.3 Å². The van der Waals surface area contributed by atoms with Gasteiger partial charge >= 0.3 is 116 Å². The van der Waals surface area contributed by atoms with E-state index in [1.807, 2.05) is 24.4 Å². The molecule has 0 bridgehead atoms. The van der Waals surface area contributed by atoms with Gasteiger partial charge in [-0.3, -0.25) is 0 Å². The second-order valence-electron chi connectivity index (χ2n) is 3.98. The first-order chi connectivity index (χ1) is 8.27. The minimum Gasteiger partial charge on any atom is 0 e. The van der Waals surface area contributed by atoms with Crippen molar-refractivity contribution in [1.29, 1.82) is 0 Å². The van der Waals surface area contributed by atoms with Crippen molar-refractivity contribution in [2.45, 2.75) is 6.92 Å². The number of nitrogens with zero attached hydrogens (tertiary/aromatic N) is 2. The van der Waals surface area contributed by atoms with E-state index >= 15 is 0 Å². The Morgan fingerprint density at radius 2 is 2.11 bits per heavy atom. The summed E-state index contributed by atoms with van der Waals surface area (Å²) in [6, 6.07) is 15.7. The van der Waals surface area contributed by atoms with Crippen LogP contribution in [0.15, 0.2) is 42.6 Å². The Morgan fingerprint density at radius 1 is 1.28 bits per heavy atom. The molecule has 3 aromatic rings. The Balaban J connectivity index is 0.00000120. The van der Waals surface area contributed by atoms with Gasteiger partial charge in [0.1, 0.15) is 0 Å². The van der Waals surface area contributed by atoms with E-state index in [1.54, 1.807) is 0 Å². The number of aromatic nitrogens is 2. The van der Waals surface area contributed by atoms with E-state index in [2.05, 4.69) is 40.7 Å². The molecule has 2 heterocycles. The fraction of sp³-hybridized carbons (Fsp3) is 0.0714. The van der Waals surface area contributed by atoms with Gasteiger partial charge in [-0.25, -0.2) is 0 Å². The maximum Gasteiger partial charge on any atom is 0 e. The van der Waals surface area contributed by atoms with Crippen molar-refractivity contribution in [3.05, 3.63) is 54.2 Å². The Hall–Kier alpha value is 0.196. The first-order valence-corrected chi connectivity index (χ1v) is 7.37. The molecule has 0 N–H and O–H groups in total. The van der Waals surface area contributed by atoms with Gasteiger partial charge in [0.05, 0.1) is 0 Å². The summed E-state index contributed by atoms with van der Waals surface area (Å²) in [7, 11) is 0. The molecular formula is C14H10N2PbPr-. The summed E-state index contributed by atoms with van der Waals surface area (Å²) in [6.07, 6.45) is 1.85. The summed E-state index contributed by atoms with van der Waals surface area (Å²) < 4.78 is 3.54. The van der Waals surface area contributed by atoms with Crippen LogP contribution in [0.5, 0.6) is 0 Å². The van der Waals surface area contributed by atoms with E-state index in [-0.39, 0.29) is 41.3 Å². The molecule has 18 heavy (non-hydrogen) atoms. The van der Waals surface area contributed by atoms with Crippen LogP contribution in [-0.2, 0) is 0 Å². The summed E-state index contributed by atoms with van der Waals surface area (Å²) in [4.78, 5) is 4.48. The number of aryl methyl sites for hydroxylation is 1. The zero-order valence-electron chi connectivity index (χ0n) is 10.0. The van der Waals surface area contributed by atoms with E-state index in [1.165, 1.54) is 14.2 Å². The molecule has 0 aliphatic carbocycles. The van der Waals surface area contributed by atoms with Crippen LogP contribution in [0.1, 0.15) is 5.56 Å². The molecule has 0 atom stereocenters. The predicted octanol–water partition coefficient (Wildman–Crippen LogP) is 1.93. The van der Waals surface area contributed by atoms with Crippen molar-refractivity contribution in [3.63, 3.8) is 0 Å². The molecule has 4 heteroatoms. The average Bonchev–Trinajstić information content (AvgIpc) is 2.66. The van der Waals surface area contributed by atoms with Crippen molar-refractivity contribution in [3.8, 4) is 5.69 Å². The van der Waals surface area contributed by atoms with Crippen molar-refractivity contribution < 1.29 is 41.3 Å². The molecule has 2 nitrogen and oxygen atoms in total. The SMILES string of the molecule is Cc1ccc[c-]c1-n1[c]([Pb])cc2cccnc21.[Pr]. The molecule has 84 valence electrons. The molecule has 0 unspecified atom stereocenters. The quantitative estimate of drug-likeness (QED) is 0.333. The average molecular weight is 554 g/mol. The van der Waals surface area contributed by atoms with E-state index in [4.69, 9.17) is 0 Å². The second-order valence-corrected chi connectivity index (χ2v) is 5.97. The molecule has 0 fully saturated rings. The monoisotopic (exact) mass is 555 g/mol. The molecule has 0 aliphatic rings. The Bertz CT molecular complexity index is 691. The second kappa shape index (κ2) is 6.10. The van der Waals surface area contributed by atoms with Crippen LogP contribution in [0.3, 0.4) is 0 Å². The van der Waals surface area contributed by atoms with Gasteiger partial charge < -0.3 is 0 Å². The fourth-order valence-corrected chi connectivity index (χ4v) is 3.47.